The van der Waals surface area contributed by atoms with E-state index >= 15 is 0 Å². The van der Waals surface area contributed by atoms with E-state index in [4.69, 9.17) is 0 Å². The van der Waals surface area contributed by atoms with Crippen molar-refractivity contribution in [3.63, 3.8) is 0 Å². The van der Waals surface area contributed by atoms with Gasteiger partial charge >= 0.3 is 0 Å². The van der Waals surface area contributed by atoms with Gasteiger partial charge in [0.05, 0.1) is 10.9 Å². The van der Waals surface area contributed by atoms with Crippen molar-refractivity contribution in [2.75, 3.05) is 0 Å². The Morgan fingerprint density at radius 2 is 2.12 bits per heavy atom. The lowest BCUT2D eigenvalue weighted by Crippen LogP contribution is -2.32. The van der Waals surface area contributed by atoms with Crippen molar-refractivity contribution in [3.8, 4) is 0 Å². The van der Waals surface area contributed by atoms with E-state index in [1.54, 1.807) is 6.92 Å². The first-order valence-electron chi connectivity index (χ1n) is 5.20. The fourth-order valence-corrected chi connectivity index (χ4v) is 2.58. The number of carbonyl (C=O) groups is 1. The number of hydrogen-bond acceptors (Lipinski definition) is 4. The number of aromatic carboxylic acids is 1. The molecule has 0 amide bonds. The summed E-state index contributed by atoms with van der Waals surface area (Å²) in [7, 11) is -3.67. The zero-order valence-corrected chi connectivity index (χ0v) is 10.5. The molecule has 5 nitrogen and oxygen atoms in total. The van der Waals surface area contributed by atoms with Gasteiger partial charge in [0.1, 0.15) is 0 Å². The summed E-state index contributed by atoms with van der Waals surface area (Å²) in [5, 5.41) is 10.6. The van der Waals surface area contributed by atoms with Crippen LogP contribution in [0.4, 0.5) is 0 Å². The minimum atomic E-state index is -3.67. The predicted molar refractivity (Wildman–Crippen MR) is 60.8 cm³/mol. The van der Waals surface area contributed by atoms with Crippen LogP contribution < -0.4 is 9.83 Å². The van der Waals surface area contributed by atoms with Crippen LogP contribution in [0.3, 0.4) is 0 Å². The molecule has 0 heterocycles. The van der Waals surface area contributed by atoms with E-state index in [9.17, 15) is 18.3 Å². The fourth-order valence-electron chi connectivity index (χ4n) is 1.21. The highest BCUT2D eigenvalue weighted by Gasteiger charge is 2.16. The minimum absolute atomic E-state index is 0.0699. The summed E-state index contributed by atoms with van der Waals surface area (Å²) in [5.41, 5.74) is -0.156. The third-order valence-corrected chi connectivity index (χ3v) is 3.94. The maximum absolute atomic E-state index is 11.9. The smallest absolute Gasteiger partial charge is 0.240 e. The quantitative estimate of drug-likeness (QED) is 0.811. The van der Waals surface area contributed by atoms with Crippen molar-refractivity contribution in [1.82, 2.24) is 4.72 Å². The van der Waals surface area contributed by atoms with E-state index in [0.29, 0.717) is 6.42 Å². The number of carboxylic acids is 1. The van der Waals surface area contributed by atoms with Gasteiger partial charge in [-0.25, -0.2) is 13.1 Å². The second kappa shape index (κ2) is 5.29. The van der Waals surface area contributed by atoms with Gasteiger partial charge in [-0.05, 0) is 31.0 Å². The summed E-state index contributed by atoms with van der Waals surface area (Å²) < 4.78 is 26.2. The molecule has 17 heavy (non-hydrogen) atoms. The van der Waals surface area contributed by atoms with Gasteiger partial charge in [0.15, 0.2) is 0 Å². The SMILES string of the molecule is CC[C@@H](C)NS(=O)(=O)c1cccc(C(=O)[O-])c1. The van der Waals surface area contributed by atoms with Crippen LogP contribution in [0.1, 0.15) is 30.6 Å². The third-order valence-electron chi connectivity index (χ3n) is 2.35. The van der Waals surface area contributed by atoms with Gasteiger partial charge in [-0.15, -0.1) is 0 Å². The maximum Gasteiger partial charge on any atom is 0.240 e. The molecule has 0 radical (unpaired) electrons. The van der Waals surface area contributed by atoms with Crippen LogP contribution in [0.5, 0.6) is 0 Å². The summed E-state index contributed by atoms with van der Waals surface area (Å²) >= 11 is 0. The van der Waals surface area contributed by atoms with E-state index in [-0.39, 0.29) is 16.5 Å². The van der Waals surface area contributed by atoms with Crippen LogP contribution in [-0.2, 0) is 10.0 Å². The second-order valence-electron chi connectivity index (χ2n) is 3.75. The normalized spacial score (nSPS) is 13.3. The maximum atomic E-state index is 11.9. The van der Waals surface area contributed by atoms with Crippen LogP contribution in [0.15, 0.2) is 29.2 Å². The molecule has 0 unspecified atom stereocenters. The molecule has 0 saturated carbocycles. The molecule has 0 saturated heterocycles. The molecule has 6 heteroatoms. The number of hydrogen-bond donors (Lipinski definition) is 1. The van der Waals surface area contributed by atoms with Gasteiger partial charge in [-0.2, -0.15) is 0 Å². The molecule has 94 valence electrons. The molecule has 1 atom stereocenters. The average Bonchev–Trinajstić information content (AvgIpc) is 2.28. The Labute approximate surface area is 101 Å². The summed E-state index contributed by atoms with van der Waals surface area (Å²) in [5.74, 6) is -1.40. The molecule has 0 aromatic heterocycles. The van der Waals surface area contributed by atoms with Crippen molar-refractivity contribution in [2.24, 2.45) is 0 Å². The summed E-state index contributed by atoms with van der Waals surface area (Å²) in [6, 6.07) is 4.89. The minimum Gasteiger partial charge on any atom is -0.545 e. The molecule has 0 aliphatic rings. The zero-order chi connectivity index (χ0) is 13.1. The van der Waals surface area contributed by atoms with Crippen LogP contribution >= 0.6 is 0 Å². The van der Waals surface area contributed by atoms with Gasteiger partial charge in [0, 0.05) is 6.04 Å². The largest absolute Gasteiger partial charge is 0.545 e. The lowest BCUT2D eigenvalue weighted by molar-refractivity contribution is -0.255. The van der Waals surface area contributed by atoms with Gasteiger partial charge in [-0.3, -0.25) is 0 Å². The number of benzene rings is 1. The average molecular weight is 256 g/mol. The Kier molecular flexibility index (Phi) is 4.25. The van der Waals surface area contributed by atoms with Crippen molar-refractivity contribution >= 4 is 16.0 Å². The zero-order valence-electron chi connectivity index (χ0n) is 9.64. The van der Waals surface area contributed by atoms with E-state index in [0.717, 1.165) is 6.07 Å². The standard InChI is InChI=1S/C11H15NO4S/c1-3-8(2)12-17(15,16)10-6-4-5-9(7-10)11(13)14/h4-8,12H,3H2,1-2H3,(H,13,14)/p-1/t8-/m1/s1. The van der Waals surface area contributed by atoms with Crippen molar-refractivity contribution in [3.05, 3.63) is 29.8 Å². The summed E-state index contributed by atoms with van der Waals surface area (Å²) in [6.07, 6.45) is 0.652. The van der Waals surface area contributed by atoms with Crippen molar-refractivity contribution in [1.29, 1.82) is 0 Å². The predicted octanol–water partition coefficient (Wildman–Crippen LogP) is 0.127. The fraction of sp³-hybridized carbons (Fsp3) is 0.364. The first-order valence-corrected chi connectivity index (χ1v) is 6.69. The van der Waals surface area contributed by atoms with E-state index in [1.165, 1.54) is 18.2 Å². The molecule has 1 N–H and O–H groups in total. The number of sulfonamides is 1. The monoisotopic (exact) mass is 256 g/mol. The number of carboxylic acid groups (broad SMARTS) is 1. The Bertz CT molecular complexity index is 510. The number of rotatable bonds is 5. The first-order chi connectivity index (χ1) is 7.86. The lowest BCUT2D eigenvalue weighted by atomic mass is 10.2. The molecule has 0 aliphatic carbocycles. The van der Waals surface area contributed by atoms with E-state index in [2.05, 4.69) is 4.72 Å². The molecule has 0 fully saturated rings. The van der Waals surface area contributed by atoms with E-state index < -0.39 is 16.0 Å². The van der Waals surface area contributed by atoms with E-state index in [1.807, 2.05) is 6.92 Å². The van der Waals surface area contributed by atoms with Gasteiger partial charge in [0.25, 0.3) is 0 Å². The van der Waals surface area contributed by atoms with Crippen molar-refractivity contribution < 1.29 is 18.3 Å². The Balaban J connectivity index is 3.07. The molecular weight excluding hydrogens is 242 g/mol. The van der Waals surface area contributed by atoms with Crippen LogP contribution in [0.25, 0.3) is 0 Å². The molecule has 0 bridgehead atoms. The van der Waals surface area contributed by atoms with Crippen molar-refractivity contribution in [2.45, 2.75) is 31.2 Å². The van der Waals surface area contributed by atoms with Crippen LogP contribution in [0, 0.1) is 0 Å². The Morgan fingerprint density at radius 1 is 1.47 bits per heavy atom. The van der Waals surface area contributed by atoms with Crippen LogP contribution in [-0.4, -0.2) is 20.4 Å². The molecule has 1 aromatic carbocycles. The summed E-state index contributed by atoms with van der Waals surface area (Å²) in [4.78, 5) is 10.6. The highest BCUT2D eigenvalue weighted by Crippen LogP contribution is 2.12. The molecule has 1 aromatic rings. The molecular formula is C11H14NO4S-. The highest BCUT2D eigenvalue weighted by molar-refractivity contribution is 7.89. The molecule has 0 spiro atoms. The number of carbonyl (C=O) groups excluding carboxylic acids is 1. The molecule has 0 aliphatic heterocycles. The first kappa shape index (κ1) is 13.7. The second-order valence-corrected chi connectivity index (χ2v) is 5.46. The van der Waals surface area contributed by atoms with Gasteiger partial charge < -0.3 is 9.90 Å². The molecule has 1 rings (SSSR count). The lowest BCUT2D eigenvalue weighted by Gasteiger charge is -2.13. The topological polar surface area (TPSA) is 86.3 Å². The Morgan fingerprint density at radius 3 is 2.65 bits per heavy atom. The van der Waals surface area contributed by atoms with Crippen LogP contribution in [0.2, 0.25) is 0 Å². The number of nitrogens with one attached hydrogen (secondary N) is 1. The Hall–Kier alpha value is -1.40. The third kappa shape index (κ3) is 3.54. The van der Waals surface area contributed by atoms with Gasteiger partial charge in [-0.1, -0.05) is 19.1 Å². The summed E-state index contributed by atoms with van der Waals surface area (Å²) in [6.45, 7) is 3.59. The van der Waals surface area contributed by atoms with Gasteiger partial charge in [0.2, 0.25) is 10.0 Å². The highest BCUT2D eigenvalue weighted by atomic mass is 32.2.